The van der Waals surface area contributed by atoms with Gasteiger partial charge in [0.05, 0.1) is 35.5 Å². The lowest BCUT2D eigenvalue weighted by atomic mass is 10.00. The Morgan fingerprint density at radius 1 is 0.870 bits per heavy atom. The second-order valence-electron chi connectivity index (χ2n) is 9.66. The molecule has 4 aromatic carbocycles. The summed E-state index contributed by atoms with van der Waals surface area (Å²) in [5, 5.41) is 4.22. The highest BCUT2D eigenvalue weighted by molar-refractivity contribution is 6.34. The maximum Gasteiger partial charge on any atom is 0.418 e. The van der Waals surface area contributed by atoms with Crippen molar-refractivity contribution in [3.63, 3.8) is 0 Å². The van der Waals surface area contributed by atoms with Crippen molar-refractivity contribution in [1.29, 1.82) is 0 Å². The molecule has 0 bridgehead atoms. The fourth-order valence-electron chi connectivity index (χ4n) is 4.62. The molecule has 0 unspecified atom stereocenters. The Morgan fingerprint density at radius 3 is 2.30 bits per heavy atom. The zero-order chi connectivity index (χ0) is 33.2. The number of benzene rings is 4. The standard InChI is InChI=1S/C32H20ClF6N3O4/c1-45-25-14-17(12-13-24(25)46-30(44)18-6-4-7-19(15-18)31(34,35)36)16-40-42-29(43)28-26(20-8-2-3-11-23(20)33)21-9-5-10-22(27(21)41-28)32(37,38)39/h2-16,41H,1H3,(H,42,43). The molecular weight excluding hydrogens is 640 g/mol. The Kier molecular flexibility index (Phi) is 8.79. The van der Waals surface area contributed by atoms with Crippen molar-refractivity contribution in [3.8, 4) is 22.6 Å². The molecule has 236 valence electrons. The van der Waals surface area contributed by atoms with Gasteiger partial charge in [-0.2, -0.15) is 31.4 Å². The number of halogens is 7. The lowest BCUT2D eigenvalue weighted by Crippen LogP contribution is -2.19. The highest BCUT2D eigenvalue weighted by atomic mass is 35.5. The van der Waals surface area contributed by atoms with Gasteiger partial charge < -0.3 is 14.5 Å². The summed E-state index contributed by atoms with van der Waals surface area (Å²) in [7, 11) is 1.26. The van der Waals surface area contributed by atoms with E-state index in [1.165, 1.54) is 55.8 Å². The zero-order valence-corrected chi connectivity index (χ0v) is 24.1. The number of hydrogen-bond acceptors (Lipinski definition) is 5. The number of esters is 1. The van der Waals surface area contributed by atoms with Gasteiger partial charge in [0.2, 0.25) is 0 Å². The maximum atomic E-state index is 13.8. The molecule has 14 heteroatoms. The Bertz CT molecular complexity index is 1990. The zero-order valence-electron chi connectivity index (χ0n) is 23.4. The highest BCUT2D eigenvalue weighted by Gasteiger charge is 2.35. The monoisotopic (exact) mass is 659 g/mol. The molecule has 1 amide bonds. The van der Waals surface area contributed by atoms with Gasteiger partial charge in [-0.1, -0.05) is 48.0 Å². The summed E-state index contributed by atoms with van der Waals surface area (Å²) in [6, 6.07) is 17.7. The lowest BCUT2D eigenvalue weighted by Gasteiger charge is -2.11. The number of carbonyl (C=O) groups is 2. The van der Waals surface area contributed by atoms with Gasteiger partial charge in [-0.3, -0.25) is 4.79 Å². The van der Waals surface area contributed by atoms with E-state index in [-0.39, 0.29) is 44.2 Å². The third kappa shape index (κ3) is 6.69. The molecular formula is C32H20ClF6N3O4. The third-order valence-corrected chi connectivity index (χ3v) is 7.03. The molecule has 7 nitrogen and oxygen atoms in total. The quantitative estimate of drug-likeness (QED) is 0.0602. The van der Waals surface area contributed by atoms with E-state index < -0.39 is 35.4 Å². The molecule has 0 radical (unpaired) electrons. The first kappa shape index (κ1) is 32.1. The topological polar surface area (TPSA) is 92.8 Å². The van der Waals surface area contributed by atoms with Crippen LogP contribution in [0.2, 0.25) is 5.02 Å². The van der Waals surface area contributed by atoms with Gasteiger partial charge in [0.15, 0.2) is 11.5 Å². The van der Waals surface area contributed by atoms with Crippen molar-refractivity contribution >= 4 is 40.6 Å². The number of aromatic nitrogens is 1. The smallest absolute Gasteiger partial charge is 0.418 e. The number of para-hydroxylation sites is 1. The molecule has 1 aromatic heterocycles. The average molecular weight is 660 g/mol. The van der Waals surface area contributed by atoms with Gasteiger partial charge in [0.1, 0.15) is 5.69 Å². The summed E-state index contributed by atoms with van der Waals surface area (Å²) in [5.41, 5.74) is 0.233. The van der Waals surface area contributed by atoms with Crippen molar-refractivity contribution in [2.75, 3.05) is 7.11 Å². The number of ether oxygens (including phenoxy) is 2. The fraction of sp³-hybridized carbons (Fsp3) is 0.0938. The van der Waals surface area contributed by atoms with E-state index in [0.29, 0.717) is 17.2 Å². The molecule has 0 aliphatic rings. The van der Waals surface area contributed by atoms with E-state index in [0.717, 1.165) is 18.2 Å². The molecule has 0 aliphatic heterocycles. The molecule has 2 N–H and O–H groups in total. The minimum absolute atomic E-state index is 0.0203. The van der Waals surface area contributed by atoms with E-state index in [1.807, 2.05) is 0 Å². The van der Waals surface area contributed by atoms with Crippen molar-refractivity contribution < 1.29 is 45.4 Å². The number of methoxy groups -OCH3 is 1. The minimum Gasteiger partial charge on any atom is -0.493 e. The summed E-state index contributed by atoms with van der Waals surface area (Å²) in [6.07, 6.45) is -8.17. The van der Waals surface area contributed by atoms with Crippen LogP contribution in [0.3, 0.4) is 0 Å². The van der Waals surface area contributed by atoms with Crippen molar-refractivity contribution in [2.24, 2.45) is 5.10 Å². The number of rotatable bonds is 7. The molecule has 0 atom stereocenters. The van der Waals surface area contributed by atoms with Gasteiger partial charge in [-0.15, -0.1) is 0 Å². The first-order valence-corrected chi connectivity index (χ1v) is 13.5. The summed E-state index contributed by atoms with van der Waals surface area (Å²) < 4.78 is 90.9. The average Bonchev–Trinajstić information content (AvgIpc) is 3.40. The molecule has 5 aromatic rings. The van der Waals surface area contributed by atoms with Crippen molar-refractivity contribution in [2.45, 2.75) is 12.4 Å². The van der Waals surface area contributed by atoms with Crippen LogP contribution in [0.1, 0.15) is 37.5 Å². The van der Waals surface area contributed by atoms with Gasteiger partial charge in [-0.05, 0) is 54.1 Å². The molecule has 0 spiro atoms. The first-order valence-electron chi connectivity index (χ1n) is 13.2. The number of amides is 1. The van der Waals surface area contributed by atoms with Crippen LogP contribution in [-0.2, 0) is 12.4 Å². The molecule has 0 fully saturated rings. The summed E-state index contributed by atoms with van der Waals surface area (Å²) in [5.74, 6) is -2.01. The number of aromatic amines is 1. The molecule has 1 heterocycles. The minimum atomic E-state index is -4.71. The number of nitrogens with one attached hydrogen (secondary N) is 2. The van der Waals surface area contributed by atoms with Gasteiger partial charge >= 0.3 is 18.3 Å². The lowest BCUT2D eigenvalue weighted by molar-refractivity contribution is -0.138. The number of fused-ring (bicyclic) bond motifs is 1. The normalized spacial score (nSPS) is 12.0. The van der Waals surface area contributed by atoms with Crippen LogP contribution in [0.4, 0.5) is 26.3 Å². The van der Waals surface area contributed by atoms with Crippen molar-refractivity contribution in [1.82, 2.24) is 10.4 Å². The van der Waals surface area contributed by atoms with Crippen LogP contribution in [0, 0.1) is 0 Å². The number of carbonyl (C=O) groups excluding carboxylic acids is 2. The Hall–Kier alpha value is -5.30. The van der Waals surface area contributed by atoms with Crippen LogP contribution in [0.5, 0.6) is 11.5 Å². The molecule has 46 heavy (non-hydrogen) atoms. The molecule has 0 saturated heterocycles. The van der Waals surface area contributed by atoms with Crippen LogP contribution in [0.15, 0.2) is 90.0 Å². The summed E-state index contributed by atoms with van der Waals surface area (Å²) in [6.45, 7) is 0. The molecule has 0 aliphatic carbocycles. The van der Waals surface area contributed by atoms with Gasteiger partial charge in [-0.25, -0.2) is 10.2 Å². The second kappa shape index (κ2) is 12.6. The van der Waals surface area contributed by atoms with Gasteiger partial charge in [0.25, 0.3) is 5.91 Å². The number of H-pyrrole nitrogens is 1. The Balaban J connectivity index is 1.39. The largest absolute Gasteiger partial charge is 0.493 e. The number of hydrogen-bond donors (Lipinski definition) is 2. The molecule has 5 rings (SSSR count). The number of hydrazone groups is 1. The highest BCUT2D eigenvalue weighted by Crippen LogP contribution is 2.41. The maximum absolute atomic E-state index is 13.8. The summed E-state index contributed by atoms with van der Waals surface area (Å²) >= 11 is 6.35. The number of alkyl halides is 6. The first-order chi connectivity index (χ1) is 21.8. The predicted octanol–water partition coefficient (Wildman–Crippen LogP) is 8.52. The van der Waals surface area contributed by atoms with E-state index in [4.69, 9.17) is 21.1 Å². The van der Waals surface area contributed by atoms with Gasteiger partial charge in [0, 0.05) is 21.5 Å². The van der Waals surface area contributed by atoms with Crippen molar-refractivity contribution in [3.05, 3.63) is 118 Å². The predicted molar refractivity (Wildman–Crippen MR) is 158 cm³/mol. The van der Waals surface area contributed by atoms with E-state index >= 15 is 0 Å². The van der Waals surface area contributed by atoms with Crippen LogP contribution < -0.4 is 14.9 Å². The fourth-order valence-corrected chi connectivity index (χ4v) is 4.85. The van der Waals surface area contributed by atoms with E-state index in [1.54, 1.807) is 18.2 Å². The van der Waals surface area contributed by atoms with E-state index in [9.17, 15) is 35.9 Å². The Morgan fingerprint density at radius 2 is 1.61 bits per heavy atom. The molecule has 0 saturated carbocycles. The van der Waals surface area contributed by atoms with Crippen LogP contribution >= 0.6 is 11.6 Å². The van der Waals surface area contributed by atoms with Crippen LogP contribution in [0.25, 0.3) is 22.0 Å². The summed E-state index contributed by atoms with van der Waals surface area (Å²) in [4.78, 5) is 28.4. The second-order valence-corrected chi connectivity index (χ2v) is 10.1. The number of nitrogens with zero attached hydrogens (tertiary/aromatic N) is 1. The Labute approximate surface area is 261 Å². The van der Waals surface area contributed by atoms with Crippen LogP contribution in [-0.4, -0.2) is 30.2 Å². The third-order valence-electron chi connectivity index (χ3n) is 6.71. The SMILES string of the molecule is COc1cc(C=NNC(=O)c2[nH]c3c(C(F)(F)F)cccc3c2-c2ccccc2Cl)ccc1OC(=O)c1cccc(C(F)(F)F)c1. The van der Waals surface area contributed by atoms with E-state index in [2.05, 4.69) is 15.5 Å².